The fourth-order valence-corrected chi connectivity index (χ4v) is 4.05. The van der Waals surface area contributed by atoms with E-state index >= 15 is 0 Å². The molecule has 1 saturated heterocycles. The zero-order valence-corrected chi connectivity index (χ0v) is 17.9. The molecule has 1 heterocycles. The Hall–Kier alpha value is -3.02. The van der Waals surface area contributed by atoms with Crippen molar-refractivity contribution >= 4 is 17.5 Å². The summed E-state index contributed by atoms with van der Waals surface area (Å²) in [6.45, 7) is 2.72. The smallest absolute Gasteiger partial charge is 0.229 e. The second-order valence-electron chi connectivity index (χ2n) is 7.49. The number of unbranched alkanes of at least 4 members (excludes halogenated alkanes) is 1. The molecule has 1 aliphatic heterocycles. The summed E-state index contributed by atoms with van der Waals surface area (Å²) >= 11 is 0. The van der Waals surface area contributed by atoms with Gasteiger partial charge in [-0.2, -0.15) is 0 Å². The van der Waals surface area contributed by atoms with Gasteiger partial charge in [0, 0.05) is 30.3 Å². The molecule has 0 radical (unpaired) electrons. The van der Waals surface area contributed by atoms with E-state index in [-0.39, 0.29) is 23.8 Å². The third-order valence-electron chi connectivity index (χ3n) is 5.59. The van der Waals surface area contributed by atoms with Crippen LogP contribution in [-0.4, -0.2) is 37.5 Å². The van der Waals surface area contributed by atoms with E-state index in [1.54, 1.807) is 20.3 Å². The van der Waals surface area contributed by atoms with Crippen LogP contribution in [-0.2, 0) is 9.59 Å². The van der Waals surface area contributed by atoms with Gasteiger partial charge in [-0.25, -0.2) is 0 Å². The number of nitrogens with zero attached hydrogens (tertiary/aromatic N) is 1. The molecule has 2 aromatic rings. The Kier molecular flexibility index (Phi) is 7.33. The summed E-state index contributed by atoms with van der Waals surface area (Å²) in [5.41, 5.74) is 1.55. The first kappa shape index (κ1) is 21.7. The van der Waals surface area contributed by atoms with Crippen LogP contribution >= 0.6 is 0 Å². The highest BCUT2D eigenvalue weighted by Gasteiger charge is 2.41. The summed E-state index contributed by atoms with van der Waals surface area (Å²) < 4.78 is 10.8. The summed E-state index contributed by atoms with van der Waals surface area (Å²) in [6, 6.07) is 14.6. The number of hydrogen-bond acceptors (Lipinski definition) is 4. The maximum atomic E-state index is 13.3. The number of carbonyl (C=O) groups excluding carboxylic acids is 2. The Balaban J connectivity index is 1.95. The van der Waals surface area contributed by atoms with Gasteiger partial charge in [0.05, 0.1) is 26.2 Å². The van der Waals surface area contributed by atoms with Gasteiger partial charge in [-0.15, -0.1) is 0 Å². The topological polar surface area (TPSA) is 67.9 Å². The first-order chi connectivity index (χ1) is 14.6. The highest BCUT2D eigenvalue weighted by molar-refractivity contribution is 5.95. The number of piperidine rings is 1. The lowest BCUT2D eigenvalue weighted by Crippen LogP contribution is -2.47. The average Bonchev–Trinajstić information content (AvgIpc) is 2.78. The fraction of sp³-hybridized carbons (Fsp3) is 0.417. The largest absolute Gasteiger partial charge is 0.497 e. The average molecular weight is 411 g/mol. The first-order valence-corrected chi connectivity index (χ1v) is 10.5. The molecule has 30 heavy (non-hydrogen) atoms. The summed E-state index contributed by atoms with van der Waals surface area (Å²) in [6.07, 6.45) is 2.73. The number of rotatable bonds is 8. The van der Waals surface area contributed by atoms with E-state index in [1.165, 1.54) is 0 Å². The molecular formula is C24H30N2O4. The van der Waals surface area contributed by atoms with Crippen LogP contribution in [0.3, 0.4) is 0 Å². The molecule has 2 atom stereocenters. The molecule has 0 aromatic heterocycles. The fourth-order valence-electron chi connectivity index (χ4n) is 4.05. The van der Waals surface area contributed by atoms with Crippen LogP contribution < -0.4 is 14.8 Å². The molecule has 0 bridgehead atoms. The van der Waals surface area contributed by atoms with Gasteiger partial charge in [-0.1, -0.05) is 37.6 Å². The van der Waals surface area contributed by atoms with Crippen LogP contribution in [0.15, 0.2) is 48.5 Å². The van der Waals surface area contributed by atoms with E-state index in [4.69, 9.17) is 9.47 Å². The molecule has 2 aromatic carbocycles. The van der Waals surface area contributed by atoms with Crippen molar-refractivity contribution in [3.63, 3.8) is 0 Å². The second kappa shape index (κ2) is 10.1. The minimum atomic E-state index is -0.373. The lowest BCUT2D eigenvalue weighted by Gasteiger charge is -2.41. The van der Waals surface area contributed by atoms with E-state index in [1.807, 2.05) is 47.4 Å². The van der Waals surface area contributed by atoms with Crippen LogP contribution in [0.5, 0.6) is 11.5 Å². The highest BCUT2D eigenvalue weighted by atomic mass is 16.5. The summed E-state index contributed by atoms with van der Waals surface area (Å²) in [7, 11) is 3.21. The number of carbonyl (C=O) groups is 2. The standard InChI is InChI=1S/C24H30N2O4/c1-4-5-15-26-22(27)14-13-20(23(26)19-11-6-7-12-21(19)30-3)24(28)25-17-9-8-10-18(16-17)29-2/h6-12,16,20,23H,4-5,13-15H2,1-3H3,(H,25,28). The molecule has 0 spiro atoms. The Morgan fingerprint density at radius 2 is 1.93 bits per heavy atom. The number of anilines is 1. The maximum absolute atomic E-state index is 13.3. The van der Waals surface area contributed by atoms with Crippen molar-refractivity contribution in [1.29, 1.82) is 0 Å². The number of para-hydroxylation sites is 1. The molecule has 1 aliphatic rings. The van der Waals surface area contributed by atoms with Gasteiger partial charge in [0.1, 0.15) is 11.5 Å². The van der Waals surface area contributed by atoms with E-state index in [0.717, 1.165) is 18.4 Å². The predicted octanol–water partition coefficient (Wildman–Crippen LogP) is 4.42. The van der Waals surface area contributed by atoms with Crippen molar-refractivity contribution in [2.45, 2.75) is 38.6 Å². The third kappa shape index (κ3) is 4.75. The molecule has 2 amide bonds. The predicted molar refractivity (Wildman–Crippen MR) is 117 cm³/mol. The quantitative estimate of drug-likeness (QED) is 0.699. The van der Waals surface area contributed by atoms with E-state index in [0.29, 0.717) is 36.6 Å². The molecule has 160 valence electrons. The van der Waals surface area contributed by atoms with Crippen LogP contribution in [0, 0.1) is 5.92 Å². The number of benzene rings is 2. The Bertz CT molecular complexity index is 883. The van der Waals surface area contributed by atoms with Gasteiger partial charge < -0.3 is 19.7 Å². The van der Waals surface area contributed by atoms with Gasteiger partial charge in [-0.3, -0.25) is 9.59 Å². The normalized spacial score (nSPS) is 18.8. The second-order valence-corrected chi connectivity index (χ2v) is 7.49. The number of likely N-dealkylation sites (tertiary alicyclic amines) is 1. The van der Waals surface area contributed by atoms with Crippen molar-refractivity contribution in [2.75, 3.05) is 26.1 Å². The van der Waals surface area contributed by atoms with Crippen LogP contribution in [0.2, 0.25) is 0 Å². The Morgan fingerprint density at radius 1 is 1.13 bits per heavy atom. The van der Waals surface area contributed by atoms with Gasteiger partial charge in [0.25, 0.3) is 0 Å². The molecule has 0 saturated carbocycles. The van der Waals surface area contributed by atoms with E-state index in [2.05, 4.69) is 12.2 Å². The molecular weight excluding hydrogens is 380 g/mol. The van der Waals surface area contributed by atoms with Crippen molar-refractivity contribution in [1.82, 2.24) is 4.90 Å². The van der Waals surface area contributed by atoms with Gasteiger partial charge >= 0.3 is 0 Å². The Labute approximate surface area is 178 Å². The van der Waals surface area contributed by atoms with Crippen LogP contribution in [0.1, 0.15) is 44.2 Å². The third-order valence-corrected chi connectivity index (χ3v) is 5.59. The van der Waals surface area contributed by atoms with Crippen LogP contribution in [0.25, 0.3) is 0 Å². The molecule has 2 unspecified atom stereocenters. The number of amides is 2. The molecule has 6 nitrogen and oxygen atoms in total. The molecule has 6 heteroatoms. The zero-order chi connectivity index (χ0) is 21.5. The number of hydrogen-bond donors (Lipinski definition) is 1. The van der Waals surface area contributed by atoms with Crippen molar-refractivity contribution < 1.29 is 19.1 Å². The van der Waals surface area contributed by atoms with E-state index < -0.39 is 0 Å². The highest BCUT2D eigenvalue weighted by Crippen LogP contribution is 2.41. The molecule has 3 rings (SSSR count). The number of methoxy groups -OCH3 is 2. The zero-order valence-electron chi connectivity index (χ0n) is 17.9. The van der Waals surface area contributed by atoms with Crippen molar-refractivity contribution in [3.05, 3.63) is 54.1 Å². The van der Waals surface area contributed by atoms with Gasteiger partial charge in [0.2, 0.25) is 11.8 Å². The Morgan fingerprint density at radius 3 is 2.67 bits per heavy atom. The van der Waals surface area contributed by atoms with Gasteiger partial charge in [0.15, 0.2) is 0 Å². The minimum Gasteiger partial charge on any atom is -0.497 e. The number of nitrogens with one attached hydrogen (secondary N) is 1. The summed E-state index contributed by atoms with van der Waals surface area (Å²) in [5.74, 6) is 0.982. The molecule has 0 aliphatic carbocycles. The van der Waals surface area contributed by atoms with Crippen molar-refractivity contribution in [3.8, 4) is 11.5 Å². The lowest BCUT2D eigenvalue weighted by atomic mass is 9.83. The van der Waals surface area contributed by atoms with Crippen LogP contribution in [0.4, 0.5) is 5.69 Å². The monoisotopic (exact) mass is 410 g/mol. The number of ether oxygens (including phenoxy) is 2. The summed E-state index contributed by atoms with van der Waals surface area (Å²) in [4.78, 5) is 28.0. The van der Waals surface area contributed by atoms with Crippen molar-refractivity contribution in [2.24, 2.45) is 5.92 Å². The first-order valence-electron chi connectivity index (χ1n) is 10.5. The minimum absolute atomic E-state index is 0.0878. The van der Waals surface area contributed by atoms with Gasteiger partial charge in [-0.05, 0) is 31.0 Å². The SMILES string of the molecule is CCCCN1C(=O)CCC(C(=O)Nc2cccc(OC)c2)C1c1ccccc1OC. The van der Waals surface area contributed by atoms with E-state index in [9.17, 15) is 9.59 Å². The molecule has 1 N–H and O–H groups in total. The molecule has 1 fully saturated rings. The summed E-state index contributed by atoms with van der Waals surface area (Å²) in [5, 5.41) is 3.02. The lowest BCUT2D eigenvalue weighted by molar-refractivity contribution is -0.142. The maximum Gasteiger partial charge on any atom is 0.229 e.